The van der Waals surface area contributed by atoms with Crippen LogP contribution in [0.25, 0.3) is 0 Å². The fourth-order valence-corrected chi connectivity index (χ4v) is 3.86. The van der Waals surface area contributed by atoms with Gasteiger partial charge in [-0.2, -0.15) is 0 Å². The number of likely N-dealkylation sites (tertiary alicyclic amines) is 1. The molecule has 2 heterocycles. The Labute approximate surface area is 154 Å². The average Bonchev–Trinajstić information content (AvgIpc) is 3.23. The SMILES string of the molecule is Cc1cnc(C2CCN(Cc3cccc(F)c3)C2)n1Cc1ccccc1. The predicted molar refractivity (Wildman–Crippen MR) is 102 cm³/mol. The van der Waals surface area contributed by atoms with Gasteiger partial charge in [0.1, 0.15) is 11.6 Å². The summed E-state index contributed by atoms with van der Waals surface area (Å²) in [6.07, 6.45) is 3.08. The van der Waals surface area contributed by atoms with E-state index in [4.69, 9.17) is 4.98 Å². The Kier molecular flexibility index (Phi) is 4.85. The van der Waals surface area contributed by atoms with Gasteiger partial charge in [0, 0.05) is 37.4 Å². The highest BCUT2D eigenvalue weighted by Crippen LogP contribution is 2.28. The summed E-state index contributed by atoms with van der Waals surface area (Å²) in [6.45, 7) is 5.79. The van der Waals surface area contributed by atoms with E-state index >= 15 is 0 Å². The third-order valence-electron chi connectivity index (χ3n) is 5.20. The summed E-state index contributed by atoms with van der Waals surface area (Å²) < 4.78 is 15.8. The van der Waals surface area contributed by atoms with Crippen LogP contribution in [0.5, 0.6) is 0 Å². The number of nitrogens with zero attached hydrogens (tertiary/aromatic N) is 3. The maximum atomic E-state index is 13.4. The largest absolute Gasteiger partial charge is 0.328 e. The van der Waals surface area contributed by atoms with Crippen molar-refractivity contribution < 1.29 is 4.39 Å². The second-order valence-corrected chi connectivity index (χ2v) is 7.18. The van der Waals surface area contributed by atoms with Gasteiger partial charge in [-0.1, -0.05) is 42.5 Å². The van der Waals surface area contributed by atoms with Crippen molar-refractivity contribution in [1.29, 1.82) is 0 Å². The summed E-state index contributed by atoms with van der Waals surface area (Å²) in [4.78, 5) is 7.12. The minimum absolute atomic E-state index is 0.160. The Hall–Kier alpha value is -2.46. The highest BCUT2D eigenvalue weighted by atomic mass is 19.1. The topological polar surface area (TPSA) is 21.1 Å². The van der Waals surface area contributed by atoms with Crippen molar-refractivity contribution in [2.75, 3.05) is 13.1 Å². The normalized spacial score (nSPS) is 17.7. The summed E-state index contributed by atoms with van der Waals surface area (Å²) in [6, 6.07) is 17.4. The molecule has 0 N–H and O–H groups in total. The van der Waals surface area contributed by atoms with E-state index in [-0.39, 0.29) is 5.82 Å². The second-order valence-electron chi connectivity index (χ2n) is 7.18. The number of hydrogen-bond acceptors (Lipinski definition) is 2. The van der Waals surface area contributed by atoms with Gasteiger partial charge in [0.05, 0.1) is 0 Å². The Morgan fingerprint density at radius 2 is 1.85 bits per heavy atom. The number of imidazole rings is 1. The average molecular weight is 349 g/mol. The number of benzene rings is 2. The Morgan fingerprint density at radius 3 is 2.65 bits per heavy atom. The van der Waals surface area contributed by atoms with E-state index in [1.165, 1.54) is 23.1 Å². The third kappa shape index (κ3) is 3.70. The fraction of sp³-hybridized carbons (Fsp3) is 0.318. The van der Waals surface area contributed by atoms with Crippen LogP contribution in [0.15, 0.2) is 60.8 Å². The molecular weight excluding hydrogens is 325 g/mol. The first-order chi connectivity index (χ1) is 12.7. The molecule has 26 heavy (non-hydrogen) atoms. The van der Waals surface area contributed by atoms with E-state index in [1.807, 2.05) is 18.3 Å². The van der Waals surface area contributed by atoms with E-state index < -0.39 is 0 Å². The molecule has 1 aromatic heterocycles. The van der Waals surface area contributed by atoms with Crippen molar-refractivity contribution in [3.8, 4) is 0 Å². The molecule has 4 rings (SSSR count). The highest BCUT2D eigenvalue weighted by Gasteiger charge is 2.27. The first kappa shape index (κ1) is 17.0. The van der Waals surface area contributed by atoms with E-state index in [0.717, 1.165) is 38.2 Å². The molecule has 1 saturated heterocycles. The van der Waals surface area contributed by atoms with Crippen LogP contribution in [-0.2, 0) is 13.1 Å². The molecule has 0 radical (unpaired) electrons. The highest BCUT2D eigenvalue weighted by molar-refractivity contribution is 5.20. The summed E-state index contributed by atoms with van der Waals surface area (Å²) in [5.41, 5.74) is 3.53. The maximum Gasteiger partial charge on any atom is 0.123 e. The molecule has 0 spiro atoms. The fourth-order valence-electron chi connectivity index (χ4n) is 3.86. The number of rotatable bonds is 5. The number of halogens is 1. The lowest BCUT2D eigenvalue weighted by Gasteiger charge is -2.17. The number of aromatic nitrogens is 2. The third-order valence-corrected chi connectivity index (χ3v) is 5.20. The molecule has 1 atom stereocenters. The summed E-state index contributed by atoms with van der Waals surface area (Å²) in [7, 11) is 0. The predicted octanol–water partition coefficient (Wildman–Crippen LogP) is 4.37. The molecule has 2 aromatic carbocycles. The monoisotopic (exact) mass is 349 g/mol. The molecule has 1 aliphatic rings. The first-order valence-electron chi connectivity index (χ1n) is 9.22. The molecule has 134 valence electrons. The molecule has 1 aliphatic heterocycles. The van der Waals surface area contributed by atoms with Crippen molar-refractivity contribution in [2.45, 2.75) is 32.4 Å². The Morgan fingerprint density at radius 1 is 1.04 bits per heavy atom. The van der Waals surface area contributed by atoms with E-state index in [0.29, 0.717) is 5.92 Å². The molecule has 4 heteroatoms. The smallest absolute Gasteiger partial charge is 0.123 e. The van der Waals surface area contributed by atoms with Crippen LogP contribution < -0.4 is 0 Å². The van der Waals surface area contributed by atoms with Crippen molar-refractivity contribution in [3.63, 3.8) is 0 Å². The van der Waals surface area contributed by atoms with Gasteiger partial charge in [-0.25, -0.2) is 9.37 Å². The van der Waals surface area contributed by atoms with Crippen LogP contribution in [0.2, 0.25) is 0 Å². The van der Waals surface area contributed by atoms with Gasteiger partial charge in [0.15, 0.2) is 0 Å². The van der Waals surface area contributed by atoms with Crippen molar-refractivity contribution in [2.24, 2.45) is 0 Å². The zero-order chi connectivity index (χ0) is 17.9. The van der Waals surface area contributed by atoms with Crippen LogP contribution >= 0.6 is 0 Å². The molecule has 0 amide bonds. The lowest BCUT2D eigenvalue weighted by Crippen LogP contribution is -2.21. The van der Waals surface area contributed by atoms with Crippen molar-refractivity contribution in [3.05, 3.63) is 89.3 Å². The van der Waals surface area contributed by atoms with Crippen LogP contribution in [0, 0.1) is 12.7 Å². The van der Waals surface area contributed by atoms with Crippen molar-refractivity contribution in [1.82, 2.24) is 14.5 Å². The summed E-state index contributed by atoms with van der Waals surface area (Å²) in [5.74, 6) is 1.45. The lowest BCUT2D eigenvalue weighted by molar-refractivity contribution is 0.324. The van der Waals surface area contributed by atoms with Gasteiger partial charge in [0.25, 0.3) is 0 Å². The van der Waals surface area contributed by atoms with Gasteiger partial charge >= 0.3 is 0 Å². The number of hydrogen-bond donors (Lipinski definition) is 0. The zero-order valence-electron chi connectivity index (χ0n) is 15.1. The van der Waals surface area contributed by atoms with Gasteiger partial charge in [-0.3, -0.25) is 4.90 Å². The molecule has 0 aliphatic carbocycles. The van der Waals surface area contributed by atoms with Crippen LogP contribution in [0.3, 0.4) is 0 Å². The van der Waals surface area contributed by atoms with Crippen molar-refractivity contribution >= 4 is 0 Å². The maximum absolute atomic E-state index is 13.4. The molecule has 3 nitrogen and oxygen atoms in total. The van der Waals surface area contributed by atoms with E-state index in [9.17, 15) is 4.39 Å². The summed E-state index contributed by atoms with van der Waals surface area (Å²) >= 11 is 0. The van der Waals surface area contributed by atoms with Gasteiger partial charge in [-0.05, 0) is 43.1 Å². The molecule has 1 unspecified atom stereocenters. The van der Waals surface area contributed by atoms with E-state index in [2.05, 4.69) is 40.7 Å². The number of aryl methyl sites for hydroxylation is 1. The zero-order valence-corrected chi connectivity index (χ0v) is 15.1. The van der Waals surface area contributed by atoms with Gasteiger partial charge < -0.3 is 4.57 Å². The Balaban J connectivity index is 1.47. The van der Waals surface area contributed by atoms with Gasteiger partial charge in [0.2, 0.25) is 0 Å². The first-order valence-corrected chi connectivity index (χ1v) is 9.22. The quantitative estimate of drug-likeness (QED) is 0.682. The Bertz CT molecular complexity index is 872. The molecular formula is C22H24FN3. The van der Waals surface area contributed by atoms with Crippen LogP contribution in [-0.4, -0.2) is 27.5 Å². The minimum Gasteiger partial charge on any atom is -0.328 e. The standard InChI is InChI=1S/C22H24FN3/c1-17-13-24-22(26(17)15-18-6-3-2-4-7-18)20-10-11-25(16-20)14-19-8-5-9-21(23)12-19/h2-9,12-13,20H,10-11,14-16H2,1H3. The lowest BCUT2D eigenvalue weighted by atomic mass is 10.1. The minimum atomic E-state index is -0.160. The molecule has 0 saturated carbocycles. The molecule has 1 fully saturated rings. The van der Waals surface area contributed by atoms with E-state index in [1.54, 1.807) is 12.1 Å². The van der Waals surface area contributed by atoms with Crippen LogP contribution in [0.4, 0.5) is 4.39 Å². The van der Waals surface area contributed by atoms with Crippen LogP contribution in [0.1, 0.15) is 35.0 Å². The molecule has 0 bridgehead atoms. The van der Waals surface area contributed by atoms with Gasteiger partial charge in [-0.15, -0.1) is 0 Å². The summed E-state index contributed by atoms with van der Waals surface area (Å²) in [5, 5.41) is 0. The molecule has 3 aromatic rings. The second kappa shape index (κ2) is 7.42.